The fourth-order valence-corrected chi connectivity index (χ4v) is 2.29. The summed E-state index contributed by atoms with van der Waals surface area (Å²) in [6, 6.07) is 3.99. The third kappa shape index (κ3) is 5.41. The first-order valence-corrected chi connectivity index (χ1v) is 7.90. The molecule has 150 valence electrons. The summed E-state index contributed by atoms with van der Waals surface area (Å²) in [5.41, 5.74) is 0.990. The molecule has 4 N–H and O–H groups in total. The molecule has 0 atom stereocenters. The fourth-order valence-electron chi connectivity index (χ4n) is 2.29. The standard InChI is InChI=1S/C10H11FN2O3.C7H6F2N2O/c1-10(15,16)13-5-6-4-7(11)2-3-8(6)12-9(13)14;8-5-1-6(9)7(11-2-5)3-10-4-12/h2-4,15-16H,5H2,1H3,(H,12,14);1-2,4H,3H2,(H,10,12). The minimum Gasteiger partial charge on any atom is -0.353 e. The van der Waals surface area contributed by atoms with E-state index in [2.05, 4.69) is 15.6 Å². The smallest absolute Gasteiger partial charge is 0.326 e. The number of halogens is 3. The Morgan fingerprint density at radius 2 is 2.00 bits per heavy atom. The molecule has 1 aliphatic rings. The van der Waals surface area contributed by atoms with E-state index < -0.39 is 29.4 Å². The minimum absolute atomic E-state index is 0.0171. The second kappa shape index (κ2) is 8.67. The normalized spacial score (nSPS) is 13.1. The molecule has 0 fully saturated rings. The molecule has 2 aromatic rings. The molecule has 8 nitrogen and oxygen atoms in total. The zero-order chi connectivity index (χ0) is 20.9. The van der Waals surface area contributed by atoms with Crippen LogP contribution in [0.15, 0.2) is 30.5 Å². The Bertz CT molecular complexity index is 874. The van der Waals surface area contributed by atoms with Gasteiger partial charge in [-0.3, -0.25) is 14.7 Å². The van der Waals surface area contributed by atoms with E-state index in [1.54, 1.807) is 0 Å². The van der Waals surface area contributed by atoms with Crippen LogP contribution >= 0.6 is 0 Å². The molecule has 28 heavy (non-hydrogen) atoms. The zero-order valence-corrected chi connectivity index (χ0v) is 14.6. The van der Waals surface area contributed by atoms with Crippen LogP contribution in [-0.2, 0) is 17.9 Å². The molecule has 0 spiro atoms. The van der Waals surface area contributed by atoms with Crippen LogP contribution in [0, 0.1) is 17.5 Å². The molecule has 0 radical (unpaired) electrons. The quantitative estimate of drug-likeness (QED) is 0.460. The van der Waals surface area contributed by atoms with Gasteiger partial charge in [0.15, 0.2) is 0 Å². The largest absolute Gasteiger partial charge is 0.353 e. The lowest BCUT2D eigenvalue weighted by Crippen LogP contribution is -2.52. The van der Waals surface area contributed by atoms with Gasteiger partial charge in [-0.15, -0.1) is 0 Å². The summed E-state index contributed by atoms with van der Waals surface area (Å²) in [4.78, 5) is 25.6. The number of fused-ring (bicyclic) bond motifs is 1. The minimum atomic E-state index is -2.27. The molecule has 0 aliphatic carbocycles. The van der Waals surface area contributed by atoms with Crippen molar-refractivity contribution in [3.8, 4) is 0 Å². The second-order valence-electron chi connectivity index (χ2n) is 5.87. The summed E-state index contributed by atoms with van der Waals surface area (Å²) >= 11 is 0. The highest BCUT2D eigenvalue weighted by Gasteiger charge is 2.34. The summed E-state index contributed by atoms with van der Waals surface area (Å²) in [5.74, 6) is -4.20. The monoisotopic (exact) mass is 398 g/mol. The van der Waals surface area contributed by atoms with Gasteiger partial charge in [-0.05, 0) is 23.8 Å². The van der Waals surface area contributed by atoms with E-state index in [0.717, 1.165) is 24.1 Å². The topological polar surface area (TPSA) is 115 Å². The number of benzene rings is 1. The predicted molar refractivity (Wildman–Crippen MR) is 90.9 cm³/mol. The Morgan fingerprint density at radius 3 is 2.61 bits per heavy atom. The van der Waals surface area contributed by atoms with E-state index in [9.17, 15) is 33.0 Å². The predicted octanol–water partition coefficient (Wildman–Crippen LogP) is 1.44. The van der Waals surface area contributed by atoms with Crippen molar-refractivity contribution >= 4 is 18.1 Å². The van der Waals surface area contributed by atoms with Crippen LogP contribution in [0.3, 0.4) is 0 Å². The van der Waals surface area contributed by atoms with Crippen LogP contribution in [0.5, 0.6) is 0 Å². The number of nitrogens with zero attached hydrogens (tertiary/aromatic N) is 2. The molecular weight excluding hydrogens is 381 g/mol. The SMILES string of the molecule is CC(O)(O)N1Cc2cc(F)ccc2NC1=O.O=CNCc1ncc(F)cc1F. The number of urea groups is 1. The summed E-state index contributed by atoms with van der Waals surface area (Å²) in [7, 11) is 0. The molecule has 3 amide bonds. The fraction of sp³-hybridized carbons (Fsp3) is 0.235. The zero-order valence-electron chi connectivity index (χ0n) is 14.6. The van der Waals surface area contributed by atoms with Gasteiger partial charge in [0.1, 0.15) is 17.5 Å². The molecule has 3 rings (SSSR count). The maximum absolute atomic E-state index is 13.0. The maximum atomic E-state index is 13.0. The molecule has 11 heteroatoms. The highest BCUT2D eigenvalue weighted by molar-refractivity contribution is 5.92. The number of hydrogen-bond acceptors (Lipinski definition) is 5. The number of amides is 3. The maximum Gasteiger partial charge on any atom is 0.326 e. The highest BCUT2D eigenvalue weighted by atomic mass is 19.1. The molecule has 1 aromatic carbocycles. The molecule has 2 heterocycles. The van der Waals surface area contributed by atoms with E-state index in [4.69, 9.17) is 0 Å². The van der Waals surface area contributed by atoms with Crippen molar-refractivity contribution in [2.45, 2.75) is 25.9 Å². The number of pyridine rings is 1. The van der Waals surface area contributed by atoms with Gasteiger partial charge >= 0.3 is 6.03 Å². The van der Waals surface area contributed by atoms with Crippen LogP contribution in [0.4, 0.5) is 23.7 Å². The molecule has 0 bridgehead atoms. The Labute approximate surface area is 157 Å². The number of carbonyl (C=O) groups is 2. The van der Waals surface area contributed by atoms with E-state index in [1.165, 1.54) is 18.2 Å². The summed E-state index contributed by atoms with van der Waals surface area (Å²) in [6.07, 6.45) is 1.31. The highest BCUT2D eigenvalue weighted by Crippen LogP contribution is 2.26. The van der Waals surface area contributed by atoms with Crippen molar-refractivity contribution in [3.63, 3.8) is 0 Å². The van der Waals surface area contributed by atoms with Crippen LogP contribution in [-0.4, -0.2) is 38.4 Å². The van der Waals surface area contributed by atoms with Gasteiger partial charge in [-0.2, -0.15) is 0 Å². The van der Waals surface area contributed by atoms with Gasteiger partial charge in [0.25, 0.3) is 0 Å². The lowest BCUT2D eigenvalue weighted by atomic mass is 10.1. The lowest BCUT2D eigenvalue weighted by Gasteiger charge is -2.36. The number of nitrogens with one attached hydrogen (secondary N) is 2. The second-order valence-corrected chi connectivity index (χ2v) is 5.87. The first-order chi connectivity index (χ1) is 13.1. The summed E-state index contributed by atoms with van der Waals surface area (Å²) < 4.78 is 38.0. The number of rotatable bonds is 4. The van der Waals surface area contributed by atoms with E-state index in [1.807, 2.05) is 0 Å². The first kappa shape index (κ1) is 21.1. The van der Waals surface area contributed by atoms with Crippen molar-refractivity contribution in [2.75, 3.05) is 5.32 Å². The Morgan fingerprint density at radius 1 is 1.29 bits per heavy atom. The summed E-state index contributed by atoms with van der Waals surface area (Å²) in [5, 5.41) is 23.3. The van der Waals surface area contributed by atoms with Crippen LogP contribution in [0.1, 0.15) is 18.2 Å². The third-order valence-corrected chi connectivity index (χ3v) is 3.63. The number of aromatic nitrogens is 1. The average molecular weight is 398 g/mol. The summed E-state index contributed by atoms with van der Waals surface area (Å²) in [6.45, 7) is 0.981. The number of anilines is 1. The van der Waals surface area contributed by atoms with Gasteiger partial charge in [0.2, 0.25) is 12.3 Å². The Kier molecular flexibility index (Phi) is 6.54. The number of aliphatic hydroxyl groups is 2. The molecule has 0 unspecified atom stereocenters. The van der Waals surface area contributed by atoms with E-state index in [-0.39, 0.29) is 18.8 Å². The average Bonchev–Trinajstić information content (AvgIpc) is 2.60. The number of hydrogen-bond donors (Lipinski definition) is 4. The van der Waals surface area contributed by atoms with Gasteiger partial charge in [0.05, 0.1) is 25.0 Å². The van der Waals surface area contributed by atoms with Crippen molar-refractivity contribution < 1.29 is 33.0 Å². The van der Waals surface area contributed by atoms with Crippen LogP contribution in [0.2, 0.25) is 0 Å². The Balaban J connectivity index is 0.000000209. The van der Waals surface area contributed by atoms with Crippen molar-refractivity contribution in [2.24, 2.45) is 0 Å². The number of carbonyl (C=O) groups excluding carboxylic acids is 2. The molecular formula is C17H17F3N4O4. The van der Waals surface area contributed by atoms with Gasteiger partial charge in [-0.1, -0.05) is 0 Å². The van der Waals surface area contributed by atoms with Crippen LogP contribution in [0.25, 0.3) is 0 Å². The lowest BCUT2D eigenvalue weighted by molar-refractivity contribution is -0.232. The molecule has 0 saturated carbocycles. The van der Waals surface area contributed by atoms with Crippen molar-refractivity contribution in [1.29, 1.82) is 0 Å². The molecule has 1 aromatic heterocycles. The van der Waals surface area contributed by atoms with Gasteiger partial charge in [0, 0.05) is 18.7 Å². The van der Waals surface area contributed by atoms with Crippen molar-refractivity contribution in [3.05, 3.63) is 59.2 Å². The Hall–Kier alpha value is -3.18. The van der Waals surface area contributed by atoms with Crippen LogP contribution < -0.4 is 10.6 Å². The molecule has 0 saturated heterocycles. The van der Waals surface area contributed by atoms with Gasteiger partial charge < -0.3 is 20.8 Å². The van der Waals surface area contributed by atoms with Crippen molar-refractivity contribution in [1.82, 2.24) is 15.2 Å². The van der Waals surface area contributed by atoms with E-state index >= 15 is 0 Å². The molecule has 1 aliphatic heterocycles. The first-order valence-electron chi connectivity index (χ1n) is 7.90. The van der Waals surface area contributed by atoms with E-state index in [0.29, 0.717) is 17.7 Å². The third-order valence-electron chi connectivity index (χ3n) is 3.63. The van der Waals surface area contributed by atoms with Gasteiger partial charge in [-0.25, -0.2) is 18.0 Å².